The Kier molecular flexibility index (Phi) is 4.63. The van der Waals surface area contributed by atoms with E-state index in [0.717, 1.165) is 27.0 Å². The van der Waals surface area contributed by atoms with E-state index < -0.39 is 0 Å². The number of aryl methyl sites for hydroxylation is 3. The maximum atomic E-state index is 12.7. The Morgan fingerprint density at radius 2 is 1.88 bits per heavy atom. The lowest BCUT2D eigenvalue weighted by Gasteiger charge is -2.04. The number of hydrogen-bond acceptors (Lipinski definition) is 3. The van der Waals surface area contributed by atoms with E-state index in [4.69, 9.17) is 0 Å². The number of phenolic OH excluding ortho intramolecular Hbond substituents is 1. The van der Waals surface area contributed by atoms with Crippen molar-refractivity contribution >= 4 is 27.8 Å². The highest BCUT2D eigenvalue weighted by molar-refractivity contribution is 9.10. The number of nitrogens with one attached hydrogen (secondary N) is 1. The molecule has 2 aromatic carbocycles. The zero-order valence-electron chi connectivity index (χ0n) is 14.2. The number of rotatable bonds is 3. The van der Waals surface area contributed by atoms with Gasteiger partial charge in [-0.15, -0.1) is 0 Å². The molecule has 5 nitrogen and oxygen atoms in total. The summed E-state index contributed by atoms with van der Waals surface area (Å²) in [7, 11) is 0. The minimum atomic E-state index is -0.153. The predicted molar refractivity (Wildman–Crippen MR) is 104 cm³/mol. The third-order valence-electron chi connectivity index (χ3n) is 4.03. The van der Waals surface area contributed by atoms with Crippen LogP contribution in [0, 0.1) is 20.8 Å². The van der Waals surface area contributed by atoms with Crippen LogP contribution in [0.2, 0.25) is 0 Å². The van der Waals surface area contributed by atoms with Gasteiger partial charge in [0.05, 0.1) is 16.9 Å². The van der Waals surface area contributed by atoms with Crippen molar-refractivity contribution in [2.24, 2.45) is 4.99 Å². The summed E-state index contributed by atoms with van der Waals surface area (Å²) in [5, 5.41) is 12.6. The quantitative estimate of drug-likeness (QED) is 0.644. The maximum Gasteiger partial charge on any atom is 0.280 e. The number of H-pyrrole nitrogens is 1. The van der Waals surface area contributed by atoms with Gasteiger partial charge in [0.25, 0.3) is 5.56 Å². The van der Waals surface area contributed by atoms with Gasteiger partial charge in [0.1, 0.15) is 5.75 Å². The highest BCUT2D eigenvalue weighted by Crippen LogP contribution is 2.23. The summed E-state index contributed by atoms with van der Waals surface area (Å²) >= 11 is 3.47. The number of halogens is 1. The first-order valence-electron chi connectivity index (χ1n) is 7.78. The van der Waals surface area contributed by atoms with Crippen LogP contribution in [-0.4, -0.2) is 21.1 Å². The SMILES string of the molecule is Cc1cc(-n2[nH]c(C)c(C=Nc3ccc(O)cc3C)c2=O)ccc1Br. The average molecular weight is 400 g/mol. The first-order chi connectivity index (χ1) is 11.9. The van der Waals surface area contributed by atoms with Crippen LogP contribution in [0.4, 0.5) is 5.69 Å². The molecule has 0 amide bonds. The van der Waals surface area contributed by atoms with Crippen molar-refractivity contribution in [2.75, 3.05) is 0 Å². The lowest BCUT2D eigenvalue weighted by Crippen LogP contribution is -2.17. The van der Waals surface area contributed by atoms with Crippen LogP contribution in [0.25, 0.3) is 5.69 Å². The van der Waals surface area contributed by atoms with Crippen molar-refractivity contribution < 1.29 is 5.11 Å². The molecule has 2 N–H and O–H groups in total. The molecule has 0 fully saturated rings. The van der Waals surface area contributed by atoms with Crippen molar-refractivity contribution in [3.8, 4) is 11.4 Å². The summed E-state index contributed by atoms with van der Waals surface area (Å²) in [6, 6.07) is 10.7. The summed E-state index contributed by atoms with van der Waals surface area (Å²) < 4.78 is 2.51. The number of aromatic amines is 1. The third-order valence-corrected chi connectivity index (χ3v) is 4.92. The van der Waals surface area contributed by atoms with Crippen LogP contribution in [0.15, 0.2) is 50.7 Å². The van der Waals surface area contributed by atoms with E-state index in [2.05, 4.69) is 26.0 Å². The van der Waals surface area contributed by atoms with E-state index >= 15 is 0 Å². The van der Waals surface area contributed by atoms with Crippen LogP contribution >= 0.6 is 15.9 Å². The Labute approximate surface area is 153 Å². The van der Waals surface area contributed by atoms with Gasteiger partial charge < -0.3 is 5.11 Å². The summed E-state index contributed by atoms with van der Waals surface area (Å²) in [5.41, 5.74) is 4.47. The van der Waals surface area contributed by atoms with Crippen molar-refractivity contribution in [3.63, 3.8) is 0 Å². The Bertz CT molecular complexity index is 1030. The van der Waals surface area contributed by atoms with E-state index in [9.17, 15) is 9.90 Å². The van der Waals surface area contributed by atoms with Gasteiger partial charge in [-0.05, 0) is 68.3 Å². The van der Waals surface area contributed by atoms with E-state index in [1.807, 2.05) is 39.0 Å². The average Bonchev–Trinajstić information content (AvgIpc) is 2.84. The van der Waals surface area contributed by atoms with Gasteiger partial charge in [-0.25, -0.2) is 4.68 Å². The molecule has 128 valence electrons. The number of aliphatic imine (C=N–C) groups is 1. The number of benzene rings is 2. The Hall–Kier alpha value is -2.60. The van der Waals surface area contributed by atoms with E-state index in [0.29, 0.717) is 11.3 Å². The number of aromatic nitrogens is 2. The molecule has 0 spiro atoms. The molecule has 3 rings (SSSR count). The molecule has 0 aliphatic carbocycles. The zero-order chi connectivity index (χ0) is 18.1. The van der Waals surface area contributed by atoms with Crippen LogP contribution < -0.4 is 5.56 Å². The van der Waals surface area contributed by atoms with Crippen LogP contribution in [-0.2, 0) is 0 Å². The molecule has 0 atom stereocenters. The monoisotopic (exact) mass is 399 g/mol. The van der Waals surface area contributed by atoms with Gasteiger partial charge in [-0.1, -0.05) is 15.9 Å². The molecule has 6 heteroatoms. The van der Waals surface area contributed by atoms with Crippen molar-refractivity contribution in [3.05, 3.63) is 73.6 Å². The predicted octanol–water partition coefficient (Wildman–Crippen LogP) is 4.31. The van der Waals surface area contributed by atoms with Crippen molar-refractivity contribution in [1.82, 2.24) is 9.78 Å². The second-order valence-corrected chi connectivity index (χ2v) is 6.81. The molecule has 1 heterocycles. The maximum absolute atomic E-state index is 12.7. The number of nitrogens with zero attached hydrogens (tertiary/aromatic N) is 2. The first-order valence-corrected chi connectivity index (χ1v) is 8.58. The summed E-state index contributed by atoms with van der Waals surface area (Å²) in [6.07, 6.45) is 1.57. The van der Waals surface area contributed by atoms with E-state index in [1.165, 1.54) is 4.68 Å². The molecule has 0 saturated carbocycles. The third kappa shape index (κ3) is 3.44. The number of phenols is 1. The van der Waals surface area contributed by atoms with Crippen LogP contribution in [0.5, 0.6) is 5.75 Å². The van der Waals surface area contributed by atoms with Crippen molar-refractivity contribution in [1.29, 1.82) is 0 Å². The minimum absolute atomic E-state index is 0.153. The van der Waals surface area contributed by atoms with Gasteiger partial charge >= 0.3 is 0 Å². The van der Waals surface area contributed by atoms with Gasteiger partial charge in [-0.3, -0.25) is 14.9 Å². The van der Waals surface area contributed by atoms with Gasteiger partial charge in [0.2, 0.25) is 0 Å². The molecular formula is C19H18BrN3O2. The minimum Gasteiger partial charge on any atom is -0.508 e. The lowest BCUT2D eigenvalue weighted by atomic mass is 10.2. The molecule has 1 aromatic heterocycles. The van der Waals surface area contributed by atoms with E-state index in [-0.39, 0.29) is 11.3 Å². The number of aromatic hydroxyl groups is 1. The van der Waals surface area contributed by atoms with Gasteiger partial charge in [-0.2, -0.15) is 0 Å². The highest BCUT2D eigenvalue weighted by Gasteiger charge is 2.11. The second kappa shape index (κ2) is 6.72. The fourth-order valence-electron chi connectivity index (χ4n) is 2.58. The summed E-state index contributed by atoms with van der Waals surface area (Å²) in [5.74, 6) is 0.197. The Morgan fingerprint density at radius 3 is 2.56 bits per heavy atom. The van der Waals surface area contributed by atoms with Crippen LogP contribution in [0.1, 0.15) is 22.4 Å². The molecule has 0 aliphatic heterocycles. The first kappa shape index (κ1) is 17.2. The summed E-state index contributed by atoms with van der Waals surface area (Å²) in [6.45, 7) is 5.68. The topological polar surface area (TPSA) is 70.4 Å². The molecule has 0 aliphatic rings. The summed E-state index contributed by atoms with van der Waals surface area (Å²) in [4.78, 5) is 17.1. The fraction of sp³-hybridized carbons (Fsp3) is 0.158. The van der Waals surface area contributed by atoms with Gasteiger partial charge in [0.15, 0.2) is 0 Å². The molecule has 0 unspecified atom stereocenters. The zero-order valence-corrected chi connectivity index (χ0v) is 15.8. The fourth-order valence-corrected chi connectivity index (χ4v) is 2.83. The molecule has 3 aromatic rings. The smallest absolute Gasteiger partial charge is 0.280 e. The molecule has 0 saturated heterocycles. The molecule has 0 radical (unpaired) electrons. The number of hydrogen-bond donors (Lipinski definition) is 2. The second-order valence-electron chi connectivity index (χ2n) is 5.95. The van der Waals surface area contributed by atoms with Crippen LogP contribution in [0.3, 0.4) is 0 Å². The normalized spacial score (nSPS) is 11.4. The largest absolute Gasteiger partial charge is 0.508 e. The van der Waals surface area contributed by atoms with Crippen molar-refractivity contribution in [2.45, 2.75) is 20.8 Å². The molecular weight excluding hydrogens is 382 g/mol. The Balaban J connectivity index is 2.01. The standard InChI is InChI=1S/C19H18BrN3O2/c1-11-8-14(4-6-17(11)20)23-19(25)16(13(3)22-23)10-21-18-7-5-15(24)9-12(18)2/h4-10,22,24H,1-3H3. The molecule has 0 bridgehead atoms. The molecule has 25 heavy (non-hydrogen) atoms. The van der Waals surface area contributed by atoms with Gasteiger partial charge in [0, 0.05) is 16.4 Å². The lowest BCUT2D eigenvalue weighted by molar-refractivity contribution is 0.475. The Morgan fingerprint density at radius 1 is 1.12 bits per heavy atom. The highest BCUT2D eigenvalue weighted by atomic mass is 79.9. The van der Waals surface area contributed by atoms with E-state index in [1.54, 1.807) is 24.4 Å².